The van der Waals surface area contributed by atoms with Gasteiger partial charge in [-0.1, -0.05) is 36.0 Å². The zero-order valence-electron chi connectivity index (χ0n) is 19.2. The number of nitrogens with zero attached hydrogens (tertiary/aromatic N) is 2. The molecule has 0 N–H and O–H groups in total. The Balaban J connectivity index is 1.17. The van der Waals surface area contributed by atoms with Crippen LogP contribution in [0.4, 0.5) is 15.8 Å². The Bertz CT molecular complexity index is 1080. The van der Waals surface area contributed by atoms with Crippen LogP contribution < -0.4 is 4.90 Å². The van der Waals surface area contributed by atoms with Crippen molar-refractivity contribution in [2.45, 2.75) is 40.4 Å². The van der Waals surface area contributed by atoms with Gasteiger partial charge in [-0.2, -0.15) is 0 Å². The zero-order chi connectivity index (χ0) is 22.6. The molecule has 0 atom stereocenters. The van der Waals surface area contributed by atoms with Gasteiger partial charge in [0.05, 0.1) is 11.4 Å². The fourth-order valence-corrected chi connectivity index (χ4v) is 6.51. The lowest BCUT2D eigenvalue weighted by Crippen LogP contribution is -2.36. The third kappa shape index (κ3) is 5.42. The quantitative estimate of drug-likeness (QED) is 0.324. The van der Waals surface area contributed by atoms with Crippen molar-refractivity contribution < 1.29 is 4.39 Å². The van der Waals surface area contributed by atoms with Crippen molar-refractivity contribution in [3.8, 4) is 0 Å². The Kier molecular flexibility index (Phi) is 7.29. The predicted molar refractivity (Wildman–Crippen MR) is 140 cm³/mol. The highest BCUT2D eigenvalue weighted by molar-refractivity contribution is 8.00. The van der Waals surface area contributed by atoms with E-state index in [9.17, 15) is 4.39 Å². The van der Waals surface area contributed by atoms with Gasteiger partial charge in [0.1, 0.15) is 5.82 Å². The number of fused-ring (bicyclic) bond motifs is 2. The molecule has 0 amide bonds. The van der Waals surface area contributed by atoms with E-state index in [4.69, 9.17) is 0 Å². The molecule has 0 aliphatic carbocycles. The number of hydrogen-bond acceptors (Lipinski definition) is 4. The van der Waals surface area contributed by atoms with E-state index in [1.165, 1.54) is 57.6 Å². The van der Waals surface area contributed by atoms with E-state index in [2.05, 4.69) is 58.5 Å². The maximum Gasteiger partial charge on any atom is 0.123 e. The normalized spacial score (nSPS) is 16.5. The van der Waals surface area contributed by atoms with Crippen molar-refractivity contribution >= 4 is 34.9 Å². The topological polar surface area (TPSA) is 6.48 Å². The Morgan fingerprint density at radius 2 is 1.67 bits per heavy atom. The van der Waals surface area contributed by atoms with Crippen LogP contribution in [0.1, 0.15) is 24.8 Å². The van der Waals surface area contributed by atoms with Crippen molar-refractivity contribution in [1.29, 1.82) is 0 Å². The lowest BCUT2D eigenvalue weighted by atomic mass is 9.90. The molecule has 2 nitrogen and oxygen atoms in total. The monoisotopic (exact) mass is 478 g/mol. The highest BCUT2D eigenvalue weighted by Crippen LogP contribution is 2.48. The number of piperidine rings is 1. The van der Waals surface area contributed by atoms with Crippen LogP contribution in [0, 0.1) is 11.7 Å². The maximum absolute atomic E-state index is 13.2. The lowest BCUT2D eigenvalue weighted by molar-refractivity contribution is 0.183. The number of hydrogen-bond donors (Lipinski definition) is 0. The van der Waals surface area contributed by atoms with Gasteiger partial charge in [-0.05, 0) is 106 Å². The fraction of sp³-hybridized carbons (Fsp3) is 0.357. The fourth-order valence-electron chi connectivity index (χ4n) is 5.00. The van der Waals surface area contributed by atoms with Crippen LogP contribution in [0.5, 0.6) is 0 Å². The SMILES string of the molecule is CSc1ccc2c(c1)N(CCCN1CCC(Cc3ccc(F)cc3)CC1)c1ccccc1S2. The number of thioether (sulfide) groups is 1. The van der Waals surface area contributed by atoms with Gasteiger partial charge in [-0.3, -0.25) is 0 Å². The molecule has 3 aromatic carbocycles. The van der Waals surface area contributed by atoms with E-state index in [0.29, 0.717) is 0 Å². The summed E-state index contributed by atoms with van der Waals surface area (Å²) >= 11 is 3.70. The highest BCUT2D eigenvalue weighted by Gasteiger charge is 2.24. The number of likely N-dealkylation sites (tertiary alicyclic amines) is 1. The Labute approximate surface area is 205 Å². The standard InChI is InChI=1S/C28H31FN2S2/c1-32-24-11-12-28-26(20-24)31(25-5-2-3-6-27(25)33-28)16-4-15-30-17-13-22(14-18-30)19-21-7-9-23(29)10-8-21/h2-3,5-12,20,22H,4,13-19H2,1H3. The second kappa shape index (κ2) is 10.5. The average Bonchev–Trinajstić information content (AvgIpc) is 2.86. The molecule has 0 unspecified atom stereocenters. The molecule has 2 heterocycles. The van der Waals surface area contributed by atoms with Gasteiger partial charge in [0.25, 0.3) is 0 Å². The third-order valence-electron chi connectivity index (χ3n) is 6.83. The molecule has 3 aromatic rings. The summed E-state index contributed by atoms with van der Waals surface area (Å²) in [4.78, 5) is 9.19. The molecule has 0 saturated carbocycles. The van der Waals surface area contributed by atoms with Crippen molar-refractivity contribution in [1.82, 2.24) is 4.90 Å². The molecule has 0 radical (unpaired) electrons. The Morgan fingerprint density at radius 1 is 0.909 bits per heavy atom. The van der Waals surface area contributed by atoms with E-state index in [0.717, 1.165) is 31.8 Å². The smallest absolute Gasteiger partial charge is 0.123 e. The molecule has 0 bridgehead atoms. The molecular formula is C28H31FN2S2. The number of halogens is 1. The lowest BCUT2D eigenvalue weighted by Gasteiger charge is -2.35. The van der Waals surface area contributed by atoms with Crippen molar-refractivity contribution in [2.75, 3.05) is 37.3 Å². The number of anilines is 2. The first-order valence-electron chi connectivity index (χ1n) is 11.9. The van der Waals surface area contributed by atoms with Gasteiger partial charge >= 0.3 is 0 Å². The summed E-state index contributed by atoms with van der Waals surface area (Å²) in [6, 6.07) is 22.7. The van der Waals surface area contributed by atoms with Crippen LogP contribution in [-0.4, -0.2) is 37.3 Å². The summed E-state index contributed by atoms with van der Waals surface area (Å²) in [5.74, 6) is 0.574. The molecule has 1 saturated heterocycles. The molecule has 5 heteroatoms. The molecule has 0 aromatic heterocycles. The van der Waals surface area contributed by atoms with Crippen molar-refractivity contribution in [2.24, 2.45) is 5.92 Å². The highest BCUT2D eigenvalue weighted by atomic mass is 32.2. The van der Waals surface area contributed by atoms with E-state index < -0.39 is 0 Å². The van der Waals surface area contributed by atoms with Gasteiger partial charge in [-0.25, -0.2) is 4.39 Å². The van der Waals surface area contributed by atoms with E-state index >= 15 is 0 Å². The number of rotatable bonds is 7. The van der Waals surface area contributed by atoms with Crippen LogP contribution in [0.25, 0.3) is 0 Å². The summed E-state index contributed by atoms with van der Waals surface area (Å²) in [6.45, 7) is 4.53. The van der Waals surface area contributed by atoms with Gasteiger partial charge in [-0.15, -0.1) is 11.8 Å². The Hall–Kier alpha value is -1.95. The molecule has 0 spiro atoms. The summed E-state index contributed by atoms with van der Waals surface area (Å²) in [7, 11) is 0. The summed E-state index contributed by atoms with van der Waals surface area (Å²) in [5.41, 5.74) is 3.95. The average molecular weight is 479 g/mol. The molecule has 2 aliphatic heterocycles. The minimum Gasteiger partial charge on any atom is -0.340 e. The van der Waals surface area contributed by atoms with Crippen LogP contribution in [0.3, 0.4) is 0 Å². The largest absolute Gasteiger partial charge is 0.340 e. The summed E-state index contributed by atoms with van der Waals surface area (Å²) in [5, 5.41) is 0. The zero-order valence-corrected chi connectivity index (χ0v) is 20.8. The second-order valence-electron chi connectivity index (χ2n) is 9.02. The van der Waals surface area contributed by atoms with Crippen LogP contribution in [0.15, 0.2) is 81.4 Å². The maximum atomic E-state index is 13.2. The van der Waals surface area contributed by atoms with Gasteiger partial charge in [0.15, 0.2) is 0 Å². The Morgan fingerprint density at radius 3 is 2.45 bits per heavy atom. The van der Waals surface area contributed by atoms with Crippen molar-refractivity contribution in [3.63, 3.8) is 0 Å². The summed E-state index contributed by atoms with van der Waals surface area (Å²) in [6.07, 6.45) is 6.85. The number of benzene rings is 3. The molecule has 2 aliphatic rings. The predicted octanol–water partition coefficient (Wildman–Crippen LogP) is 7.50. The molecule has 33 heavy (non-hydrogen) atoms. The molecule has 1 fully saturated rings. The van der Waals surface area contributed by atoms with E-state index in [-0.39, 0.29) is 5.82 Å². The number of para-hydroxylation sites is 1. The van der Waals surface area contributed by atoms with Crippen LogP contribution in [0.2, 0.25) is 0 Å². The first kappa shape index (κ1) is 22.8. The van der Waals surface area contributed by atoms with Gasteiger partial charge < -0.3 is 9.80 Å². The first-order chi connectivity index (χ1) is 16.2. The van der Waals surface area contributed by atoms with Gasteiger partial charge in [0.2, 0.25) is 0 Å². The summed E-state index contributed by atoms with van der Waals surface area (Å²) < 4.78 is 13.2. The minimum atomic E-state index is -0.143. The third-order valence-corrected chi connectivity index (χ3v) is 8.69. The molecule has 5 rings (SSSR count). The van der Waals surface area contributed by atoms with E-state index in [1.807, 2.05) is 35.7 Å². The van der Waals surface area contributed by atoms with Crippen LogP contribution in [-0.2, 0) is 6.42 Å². The van der Waals surface area contributed by atoms with Crippen LogP contribution >= 0.6 is 23.5 Å². The molecular weight excluding hydrogens is 447 g/mol. The first-order valence-corrected chi connectivity index (χ1v) is 13.9. The van der Waals surface area contributed by atoms with E-state index in [1.54, 1.807) is 12.1 Å². The minimum absolute atomic E-state index is 0.143. The molecule has 172 valence electrons. The second-order valence-corrected chi connectivity index (χ2v) is 11.0. The van der Waals surface area contributed by atoms with Crippen molar-refractivity contribution in [3.05, 3.63) is 78.1 Å². The van der Waals surface area contributed by atoms with Gasteiger partial charge in [0, 0.05) is 21.2 Å².